The van der Waals surface area contributed by atoms with Crippen molar-refractivity contribution in [2.24, 2.45) is 0 Å². The SMILES string of the molecule is Oc1ccc(CCCc2ccc(-c3ccc(CCCc4ccc(O)cc4)cc3)cc2)cc1. The molecule has 2 heteroatoms. The number of hydrogen-bond donors (Lipinski definition) is 2. The van der Waals surface area contributed by atoms with Gasteiger partial charge in [-0.2, -0.15) is 0 Å². The molecule has 0 atom stereocenters. The van der Waals surface area contributed by atoms with Gasteiger partial charge in [-0.3, -0.25) is 0 Å². The van der Waals surface area contributed by atoms with E-state index >= 15 is 0 Å². The van der Waals surface area contributed by atoms with Gasteiger partial charge in [0.05, 0.1) is 0 Å². The summed E-state index contributed by atoms with van der Waals surface area (Å²) in [5.41, 5.74) is 7.76. The van der Waals surface area contributed by atoms with Crippen molar-refractivity contribution in [3.8, 4) is 22.6 Å². The van der Waals surface area contributed by atoms with E-state index in [2.05, 4.69) is 48.5 Å². The predicted octanol–water partition coefficient (Wildman–Crippen LogP) is 7.12. The van der Waals surface area contributed by atoms with E-state index in [1.165, 1.54) is 33.4 Å². The average molecular weight is 423 g/mol. The van der Waals surface area contributed by atoms with Gasteiger partial charge in [0.1, 0.15) is 11.5 Å². The Hall–Kier alpha value is -3.52. The molecule has 0 unspecified atom stereocenters. The molecule has 0 amide bonds. The van der Waals surface area contributed by atoms with E-state index in [0.717, 1.165) is 38.5 Å². The lowest BCUT2D eigenvalue weighted by atomic mass is 9.98. The molecular weight excluding hydrogens is 392 g/mol. The van der Waals surface area contributed by atoms with Crippen molar-refractivity contribution in [3.63, 3.8) is 0 Å². The van der Waals surface area contributed by atoms with Crippen molar-refractivity contribution in [2.75, 3.05) is 0 Å². The van der Waals surface area contributed by atoms with E-state index in [4.69, 9.17) is 0 Å². The summed E-state index contributed by atoms with van der Waals surface area (Å²) in [7, 11) is 0. The van der Waals surface area contributed by atoms with Gasteiger partial charge >= 0.3 is 0 Å². The third-order valence-electron chi connectivity index (χ3n) is 5.98. The van der Waals surface area contributed by atoms with Crippen LogP contribution < -0.4 is 0 Å². The van der Waals surface area contributed by atoms with Gasteiger partial charge in [0.25, 0.3) is 0 Å². The number of phenols is 2. The first-order valence-corrected chi connectivity index (χ1v) is 11.4. The van der Waals surface area contributed by atoms with Gasteiger partial charge in [-0.1, -0.05) is 72.8 Å². The third kappa shape index (κ3) is 6.24. The first kappa shape index (κ1) is 21.7. The Morgan fingerprint density at radius 1 is 0.344 bits per heavy atom. The van der Waals surface area contributed by atoms with Gasteiger partial charge in [-0.05, 0) is 96.2 Å². The number of aromatic hydroxyl groups is 2. The normalized spacial score (nSPS) is 10.9. The number of benzene rings is 4. The molecule has 0 aliphatic rings. The zero-order valence-corrected chi connectivity index (χ0v) is 18.4. The summed E-state index contributed by atoms with van der Waals surface area (Å²) in [5, 5.41) is 18.8. The maximum absolute atomic E-state index is 9.38. The van der Waals surface area contributed by atoms with Gasteiger partial charge < -0.3 is 10.2 Å². The second-order valence-corrected chi connectivity index (χ2v) is 8.43. The van der Waals surface area contributed by atoms with Crippen molar-refractivity contribution < 1.29 is 10.2 Å². The Bertz CT molecular complexity index is 1000. The molecular formula is C30H30O2. The Morgan fingerprint density at radius 2 is 0.594 bits per heavy atom. The quantitative estimate of drug-likeness (QED) is 0.302. The summed E-state index contributed by atoms with van der Waals surface area (Å²) in [4.78, 5) is 0. The van der Waals surface area contributed by atoms with E-state index < -0.39 is 0 Å². The number of phenolic OH excluding ortho intramolecular Hbond substituents is 2. The molecule has 0 aliphatic carbocycles. The maximum atomic E-state index is 9.38. The van der Waals surface area contributed by atoms with Crippen molar-refractivity contribution in [2.45, 2.75) is 38.5 Å². The number of aryl methyl sites for hydroxylation is 4. The minimum Gasteiger partial charge on any atom is -0.508 e. The van der Waals surface area contributed by atoms with Crippen LogP contribution in [0.3, 0.4) is 0 Å². The Labute approximate surface area is 190 Å². The highest BCUT2D eigenvalue weighted by atomic mass is 16.3. The maximum Gasteiger partial charge on any atom is 0.115 e. The molecule has 0 aromatic heterocycles. The molecule has 2 nitrogen and oxygen atoms in total. The van der Waals surface area contributed by atoms with Crippen LogP contribution in [0.1, 0.15) is 35.1 Å². The Morgan fingerprint density at radius 3 is 0.875 bits per heavy atom. The smallest absolute Gasteiger partial charge is 0.115 e. The van der Waals surface area contributed by atoms with Crippen molar-refractivity contribution in [1.82, 2.24) is 0 Å². The van der Waals surface area contributed by atoms with Gasteiger partial charge in [-0.25, -0.2) is 0 Å². The van der Waals surface area contributed by atoms with E-state index in [1.54, 1.807) is 24.3 Å². The number of rotatable bonds is 9. The van der Waals surface area contributed by atoms with Gasteiger partial charge in [-0.15, -0.1) is 0 Å². The minimum absolute atomic E-state index is 0.325. The van der Waals surface area contributed by atoms with Crippen LogP contribution >= 0.6 is 0 Å². The van der Waals surface area contributed by atoms with Crippen LogP contribution in [0.5, 0.6) is 11.5 Å². The van der Waals surface area contributed by atoms with Crippen molar-refractivity contribution >= 4 is 0 Å². The highest BCUT2D eigenvalue weighted by Crippen LogP contribution is 2.22. The van der Waals surface area contributed by atoms with Gasteiger partial charge in [0.15, 0.2) is 0 Å². The molecule has 4 aromatic carbocycles. The van der Waals surface area contributed by atoms with Crippen LogP contribution in [0.4, 0.5) is 0 Å². The summed E-state index contributed by atoms with van der Waals surface area (Å²) in [5.74, 6) is 0.651. The molecule has 2 N–H and O–H groups in total. The monoisotopic (exact) mass is 422 g/mol. The fourth-order valence-corrected chi connectivity index (χ4v) is 4.05. The standard InChI is InChI=1S/C30H30O2/c31-29-19-11-25(12-20-29)5-1-3-23-7-15-27(16-8-23)28-17-9-24(10-18-28)4-2-6-26-13-21-30(32)22-14-26/h7-22,31-32H,1-6H2. The fourth-order valence-electron chi connectivity index (χ4n) is 4.05. The van der Waals surface area contributed by atoms with Crippen LogP contribution in [0.15, 0.2) is 97.1 Å². The second kappa shape index (κ2) is 10.7. The first-order valence-electron chi connectivity index (χ1n) is 11.4. The Balaban J connectivity index is 1.25. The molecule has 0 aliphatic heterocycles. The summed E-state index contributed by atoms with van der Waals surface area (Å²) in [6, 6.07) is 32.8. The van der Waals surface area contributed by atoms with Crippen molar-refractivity contribution in [1.29, 1.82) is 0 Å². The van der Waals surface area contributed by atoms with Crippen LogP contribution in [-0.4, -0.2) is 10.2 Å². The minimum atomic E-state index is 0.325. The lowest BCUT2D eigenvalue weighted by molar-refractivity contribution is 0.474. The van der Waals surface area contributed by atoms with E-state index in [9.17, 15) is 10.2 Å². The predicted molar refractivity (Wildman–Crippen MR) is 132 cm³/mol. The molecule has 0 fully saturated rings. The zero-order chi connectivity index (χ0) is 22.2. The van der Waals surface area contributed by atoms with Crippen LogP contribution in [0, 0.1) is 0 Å². The molecule has 0 saturated carbocycles. The Kier molecular flexibility index (Phi) is 7.24. The van der Waals surface area contributed by atoms with Crippen LogP contribution in [-0.2, 0) is 25.7 Å². The molecule has 32 heavy (non-hydrogen) atoms. The molecule has 4 aromatic rings. The largest absolute Gasteiger partial charge is 0.508 e. The van der Waals surface area contributed by atoms with E-state index in [-0.39, 0.29) is 0 Å². The lowest BCUT2D eigenvalue weighted by Crippen LogP contribution is -1.91. The first-order chi connectivity index (χ1) is 15.7. The molecule has 162 valence electrons. The molecule has 0 bridgehead atoms. The number of hydrogen-bond acceptors (Lipinski definition) is 2. The summed E-state index contributed by atoms with van der Waals surface area (Å²) < 4.78 is 0. The molecule has 4 rings (SSSR count). The van der Waals surface area contributed by atoms with Gasteiger partial charge in [0.2, 0.25) is 0 Å². The average Bonchev–Trinajstić information content (AvgIpc) is 2.83. The zero-order valence-electron chi connectivity index (χ0n) is 18.4. The van der Waals surface area contributed by atoms with Crippen LogP contribution in [0.2, 0.25) is 0 Å². The fraction of sp³-hybridized carbons (Fsp3) is 0.200. The lowest BCUT2D eigenvalue weighted by Gasteiger charge is -2.07. The molecule has 0 radical (unpaired) electrons. The van der Waals surface area contributed by atoms with Crippen LogP contribution in [0.25, 0.3) is 11.1 Å². The summed E-state index contributed by atoms with van der Waals surface area (Å²) >= 11 is 0. The summed E-state index contributed by atoms with van der Waals surface area (Å²) in [6.45, 7) is 0. The highest BCUT2D eigenvalue weighted by Gasteiger charge is 2.02. The highest BCUT2D eigenvalue weighted by molar-refractivity contribution is 5.64. The second-order valence-electron chi connectivity index (χ2n) is 8.43. The summed E-state index contributed by atoms with van der Waals surface area (Å²) in [6.07, 6.45) is 6.36. The molecule has 0 spiro atoms. The molecule has 0 heterocycles. The topological polar surface area (TPSA) is 40.5 Å². The molecule has 0 saturated heterocycles. The third-order valence-corrected chi connectivity index (χ3v) is 5.98. The van der Waals surface area contributed by atoms with Gasteiger partial charge in [0, 0.05) is 0 Å². The van der Waals surface area contributed by atoms with E-state index in [1.807, 2.05) is 24.3 Å². The van der Waals surface area contributed by atoms with Crippen molar-refractivity contribution in [3.05, 3.63) is 119 Å². The van der Waals surface area contributed by atoms with E-state index in [0.29, 0.717) is 11.5 Å².